The van der Waals surface area contributed by atoms with Gasteiger partial charge in [0.15, 0.2) is 5.92 Å². The number of rotatable bonds is 8. The molecule has 2 nitrogen and oxygen atoms in total. The third-order valence-electron chi connectivity index (χ3n) is 2.65. The van der Waals surface area contributed by atoms with Gasteiger partial charge in [-0.1, -0.05) is 26.7 Å². The molecule has 0 aliphatic carbocycles. The average Bonchev–Trinajstić information content (AvgIpc) is 2.26. The summed E-state index contributed by atoms with van der Waals surface area (Å²) >= 11 is 0. The van der Waals surface area contributed by atoms with Crippen LogP contribution in [-0.2, 0) is 0 Å². The monoisotopic (exact) mass is 250 g/mol. The van der Waals surface area contributed by atoms with Gasteiger partial charge in [-0.2, -0.15) is 18.4 Å². The van der Waals surface area contributed by atoms with Gasteiger partial charge >= 0.3 is 6.18 Å². The molecule has 0 rings (SSSR count). The summed E-state index contributed by atoms with van der Waals surface area (Å²) in [5.41, 5.74) is 0. The number of hydrogen-bond acceptors (Lipinski definition) is 2. The molecule has 0 aliphatic heterocycles. The minimum atomic E-state index is -4.41. The Morgan fingerprint density at radius 1 is 1.12 bits per heavy atom. The molecule has 0 spiro atoms. The van der Waals surface area contributed by atoms with Crippen LogP contribution in [0.25, 0.3) is 0 Å². The van der Waals surface area contributed by atoms with Crippen molar-refractivity contribution in [3.05, 3.63) is 0 Å². The van der Waals surface area contributed by atoms with Gasteiger partial charge in [-0.15, -0.1) is 0 Å². The molecule has 0 aromatic carbocycles. The third-order valence-corrected chi connectivity index (χ3v) is 2.65. The third kappa shape index (κ3) is 7.22. The number of nitriles is 1. The predicted octanol–water partition coefficient (Wildman–Crippen LogP) is 3.59. The predicted molar refractivity (Wildman–Crippen MR) is 61.4 cm³/mol. The molecular weight excluding hydrogens is 229 g/mol. The molecule has 0 fully saturated rings. The van der Waals surface area contributed by atoms with Crippen LogP contribution in [0.3, 0.4) is 0 Å². The molecule has 1 unspecified atom stereocenters. The van der Waals surface area contributed by atoms with Crippen LogP contribution < -0.4 is 0 Å². The molecule has 17 heavy (non-hydrogen) atoms. The van der Waals surface area contributed by atoms with Crippen LogP contribution >= 0.6 is 0 Å². The van der Waals surface area contributed by atoms with Crippen molar-refractivity contribution in [2.75, 3.05) is 19.6 Å². The van der Waals surface area contributed by atoms with Crippen LogP contribution in [0.2, 0.25) is 0 Å². The van der Waals surface area contributed by atoms with Gasteiger partial charge in [-0.25, -0.2) is 0 Å². The van der Waals surface area contributed by atoms with Gasteiger partial charge in [-0.05, 0) is 25.9 Å². The van der Waals surface area contributed by atoms with Crippen molar-refractivity contribution in [3.8, 4) is 6.07 Å². The molecule has 0 saturated carbocycles. The largest absolute Gasteiger partial charge is 0.405 e. The lowest BCUT2D eigenvalue weighted by molar-refractivity contribution is -0.163. The number of halogens is 3. The quantitative estimate of drug-likeness (QED) is 0.658. The van der Waals surface area contributed by atoms with E-state index in [1.54, 1.807) is 4.90 Å². The summed E-state index contributed by atoms with van der Waals surface area (Å²) in [5.74, 6) is -1.86. The van der Waals surface area contributed by atoms with Crippen molar-refractivity contribution in [1.82, 2.24) is 4.90 Å². The Hall–Kier alpha value is -0.760. The van der Waals surface area contributed by atoms with E-state index in [9.17, 15) is 13.2 Å². The minimum Gasteiger partial charge on any atom is -0.302 e. The Balaban J connectivity index is 4.33. The summed E-state index contributed by atoms with van der Waals surface area (Å²) in [6.45, 7) is 5.10. The van der Waals surface area contributed by atoms with Gasteiger partial charge in [-0.3, -0.25) is 0 Å². The Kier molecular flexibility index (Phi) is 7.98. The van der Waals surface area contributed by atoms with Crippen molar-refractivity contribution in [1.29, 1.82) is 5.26 Å². The molecule has 0 bridgehead atoms. The molecule has 0 N–H and O–H groups in total. The second kappa shape index (κ2) is 8.35. The van der Waals surface area contributed by atoms with Crippen LogP contribution in [0.1, 0.15) is 39.5 Å². The highest BCUT2D eigenvalue weighted by atomic mass is 19.4. The van der Waals surface area contributed by atoms with Crippen LogP contribution in [0.15, 0.2) is 0 Å². The van der Waals surface area contributed by atoms with E-state index < -0.39 is 12.1 Å². The van der Waals surface area contributed by atoms with Crippen LogP contribution in [0, 0.1) is 17.2 Å². The van der Waals surface area contributed by atoms with Crippen molar-refractivity contribution >= 4 is 0 Å². The summed E-state index contributed by atoms with van der Waals surface area (Å²) in [4.78, 5) is 1.76. The highest BCUT2D eigenvalue weighted by molar-refractivity contribution is 4.90. The summed E-state index contributed by atoms with van der Waals surface area (Å²) in [7, 11) is 0. The van der Waals surface area contributed by atoms with E-state index in [4.69, 9.17) is 5.26 Å². The molecular formula is C12H21F3N2. The maximum Gasteiger partial charge on any atom is 0.405 e. The zero-order chi connectivity index (χ0) is 13.3. The van der Waals surface area contributed by atoms with Crippen LogP contribution in [-0.4, -0.2) is 30.7 Å². The number of nitrogens with zero attached hydrogens (tertiary/aromatic N) is 2. The molecule has 0 amide bonds. The molecule has 0 heterocycles. The fourth-order valence-electron chi connectivity index (χ4n) is 1.53. The lowest BCUT2D eigenvalue weighted by Crippen LogP contribution is -2.37. The molecule has 100 valence electrons. The second-order valence-electron chi connectivity index (χ2n) is 4.23. The fourth-order valence-corrected chi connectivity index (χ4v) is 1.53. The number of unbranched alkanes of at least 4 members (excludes halogenated alkanes) is 2. The Bertz CT molecular complexity index is 225. The van der Waals surface area contributed by atoms with Crippen molar-refractivity contribution < 1.29 is 13.2 Å². The smallest absolute Gasteiger partial charge is 0.302 e. The Labute approximate surface area is 101 Å². The lowest BCUT2D eigenvalue weighted by Gasteiger charge is -2.25. The summed E-state index contributed by atoms with van der Waals surface area (Å²) in [5, 5.41) is 8.56. The molecule has 0 radical (unpaired) electrons. The van der Waals surface area contributed by atoms with E-state index in [0.717, 1.165) is 25.7 Å². The highest BCUT2D eigenvalue weighted by Crippen LogP contribution is 2.26. The lowest BCUT2D eigenvalue weighted by atomic mass is 10.1. The van der Waals surface area contributed by atoms with E-state index in [1.165, 1.54) is 6.07 Å². The van der Waals surface area contributed by atoms with Gasteiger partial charge < -0.3 is 4.90 Å². The normalized spacial score (nSPS) is 13.7. The van der Waals surface area contributed by atoms with Gasteiger partial charge in [0.2, 0.25) is 0 Å². The van der Waals surface area contributed by atoms with E-state index in [0.29, 0.717) is 13.1 Å². The highest BCUT2D eigenvalue weighted by Gasteiger charge is 2.40. The van der Waals surface area contributed by atoms with Gasteiger partial charge in [0.1, 0.15) is 0 Å². The minimum absolute atomic E-state index is 0.194. The Morgan fingerprint density at radius 3 is 1.88 bits per heavy atom. The standard InChI is InChI=1S/C12H21F3N2/c1-3-5-7-17(8-6-4-2)10-11(9-16)12(13,14)15/h11H,3-8,10H2,1-2H3. The first-order chi connectivity index (χ1) is 7.95. The SMILES string of the molecule is CCCCN(CCCC)CC(C#N)C(F)(F)F. The molecule has 0 aliphatic rings. The second-order valence-corrected chi connectivity index (χ2v) is 4.23. The summed E-state index contributed by atoms with van der Waals surface area (Å²) in [6.07, 6.45) is -0.761. The van der Waals surface area contributed by atoms with Gasteiger partial charge in [0.05, 0.1) is 6.07 Å². The summed E-state index contributed by atoms with van der Waals surface area (Å²) in [6, 6.07) is 1.36. The van der Waals surface area contributed by atoms with Gasteiger partial charge in [0.25, 0.3) is 0 Å². The van der Waals surface area contributed by atoms with E-state index >= 15 is 0 Å². The van der Waals surface area contributed by atoms with E-state index in [1.807, 2.05) is 13.8 Å². The molecule has 0 aromatic heterocycles. The van der Waals surface area contributed by atoms with E-state index in [-0.39, 0.29) is 6.54 Å². The summed E-state index contributed by atoms with van der Waals surface area (Å²) < 4.78 is 37.4. The Morgan fingerprint density at radius 2 is 1.59 bits per heavy atom. The number of hydrogen-bond donors (Lipinski definition) is 0. The fraction of sp³-hybridized carbons (Fsp3) is 0.917. The molecule has 0 aromatic rings. The first-order valence-corrected chi connectivity index (χ1v) is 6.14. The molecule has 5 heteroatoms. The molecule has 1 atom stereocenters. The van der Waals surface area contributed by atoms with E-state index in [2.05, 4.69) is 0 Å². The van der Waals surface area contributed by atoms with Crippen LogP contribution in [0.5, 0.6) is 0 Å². The average molecular weight is 250 g/mol. The number of alkyl halides is 3. The van der Waals surface area contributed by atoms with Crippen molar-refractivity contribution in [3.63, 3.8) is 0 Å². The van der Waals surface area contributed by atoms with Crippen molar-refractivity contribution in [2.24, 2.45) is 5.92 Å². The van der Waals surface area contributed by atoms with Gasteiger partial charge in [0, 0.05) is 6.54 Å². The van der Waals surface area contributed by atoms with Crippen LogP contribution in [0.4, 0.5) is 13.2 Å². The first-order valence-electron chi connectivity index (χ1n) is 6.14. The maximum absolute atomic E-state index is 12.5. The molecule has 0 saturated heterocycles. The topological polar surface area (TPSA) is 27.0 Å². The zero-order valence-corrected chi connectivity index (χ0v) is 10.6. The maximum atomic E-state index is 12.5. The van der Waals surface area contributed by atoms with Crippen molar-refractivity contribution in [2.45, 2.75) is 45.7 Å². The zero-order valence-electron chi connectivity index (χ0n) is 10.6. The first kappa shape index (κ1) is 16.2.